The maximum absolute atomic E-state index is 12.1. The molecule has 0 aromatic carbocycles. The van der Waals surface area contributed by atoms with Gasteiger partial charge in [0, 0.05) is 0 Å². The summed E-state index contributed by atoms with van der Waals surface area (Å²) in [5, 5.41) is 9.06. The van der Waals surface area contributed by atoms with Crippen LogP contribution >= 0.6 is 0 Å². The summed E-state index contributed by atoms with van der Waals surface area (Å²) in [6.07, 6.45) is -3.50. The van der Waals surface area contributed by atoms with Crippen molar-refractivity contribution in [2.24, 2.45) is 16.7 Å². The van der Waals surface area contributed by atoms with Crippen LogP contribution in [-0.2, 0) is 0 Å². The molecule has 1 atom stereocenters. The highest BCUT2D eigenvalue weighted by Crippen LogP contribution is 2.38. The molecular formula is C16H33F3O. The lowest BCUT2D eigenvalue weighted by atomic mass is 9.82. The summed E-state index contributed by atoms with van der Waals surface area (Å²) in [7, 11) is 0. The average Bonchev–Trinajstić information content (AvgIpc) is 1.90. The summed E-state index contributed by atoms with van der Waals surface area (Å²) in [5.74, 6) is 0.843. The summed E-state index contributed by atoms with van der Waals surface area (Å²) in [6, 6.07) is 0. The molecule has 0 amide bonds. The molecule has 0 radical (unpaired) electrons. The quantitative estimate of drug-likeness (QED) is 0.681. The number of aliphatic hydroxyl groups is 1. The van der Waals surface area contributed by atoms with Crippen molar-refractivity contribution in [1.29, 1.82) is 0 Å². The first-order valence-electron chi connectivity index (χ1n) is 7.16. The van der Waals surface area contributed by atoms with Gasteiger partial charge in [-0.3, -0.25) is 0 Å². The van der Waals surface area contributed by atoms with E-state index in [4.69, 9.17) is 5.11 Å². The van der Waals surface area contributed by atoms with Gasteiger partial charge in [-0.1, -0.05) is 55.4 Å². The number of halogens is 3. The van der Waals surface area contributed by atoms with Crippen LogP contribution in [0.4, 0.5) is 13.2 Å². The molecule has 0 aromatic rings. The van der Waals surface area contributed by atoms with Crippen LogP contribution in [0.5, 0.6) is 0 Å². The zero-order valence-corrected chi connectivity index (χ0v) is 14.6. The summed E-state index contributed by atoms with van der Waals surface area (Å²) >= 11 is 0. The highest BCUT2D eigenvalue weighted by molar-refractivity contribution is 4.85. The van der Waals surface area contributed by atoms with Crippen LogP contribution in [0.15, 0.2) is 0 Å². The number of hydrogen-bond donors (Lipinski definition) is 1. The average molecular weight is 298 g/mol. The van der Waals surface area contributed by atoms with Gasteiger partial charge in [-0.25, -0.2) is 0 Å². The van der Waals surface area contributed by atoms with Gasteiger partial charge in [-0.05, 0) is 36.5 Å². The SMILES string of the molecule is CC(C)(C)CC(C)(O)C(F)(F)F.CC(C)CC(C)(C)C. The maximum atomic E-state index is 12.1. The Labute approximate surface area is 123 Å². The molecule has 0 aliphatic rings. The monoisotopic (exact) mass is 298 g/mol. The van der Waals surface area contributed by atoms with Crippen LogP contribution in [0, 0.1) is 16.7 Å². The van der Waals surface area contributed by atoms with Gasteiger partial charge in [0.2, 0.25) is 0 Å². The highest BCUT2D eigenvalue weighted by Gasteiger charge is 2.51. The van der Waals surface area contributed by atoms with E-state index < -0.39 is 17.2 Å². The molecule has 1 nitrogen and oxygen atoms in total. The zero-order valence-electron chi connectivity index (χ0n) is 14.6. The standard InChI is InChI=1S/C8H15F3O.C8H18/c1-6(2,3)5-7(4,12)8(9,10)11;1-7(2)6-8(3,4)5/h12H,5H2,1-4H3;7H,6H2,1-5H3. The predicted molar refractivity (Wildman–Crippen MR) is 79.7 cm³/mol. The molecule has 0 aliphatic heterocycles. The van der Waals surface area contributed by atoms with Gasteiger partial charge in [0.05, 0.1) is 0 Å². The second-order valence-electron chi connectivity index (χ2n) is 8.67. The molecule has 0 heterocycles. The van der Waals surface area contributed by atoms with Gasteiger partial charge in [0.15, 0.2) is 5.60 Å². The van der Waals surface area contributed by atoms with E-state index in [1.54, 1.807) is 20.8 Å². The van der Waals surface area contributed by atoms with Gasteiger partial charge in [0.25, 0.3) is 0 Å². The second kappa shape index (κ2) is 7.15. The smallest absolute Gasteiger partial charge is 0.381 e. The molecule has 0 bridgehead atoms. The first-order valence-corrected chi connectivity index (χ1v) is 7.16. The molecule has 0 rings (SSSR count). The summed E-state index contributed by atoms with van der Waals surface area (Å²) < 4.78 is 36.3. The number of rotatable bonds is 2. The van der Waals surface area contributed by atoms with E-state index in [9.17, 15) is 13.2 Å². The minimum atomic E-state index is -4.54. The normalized spacial score (nSPS) is 16.5. The lowest BCUT2D eigenvalue weighted by Crippen LogP contribution is -2.44. The molecule has 1 unspecified atom stereocenters. The Morgan fingerprint density at radius 2 is 1.15 bits per heavy atom. The third-order valence-corrected chi connectivity index (χ3v) is 2.51. The fourth-order valence-corrected chi connectivity index (χ4v) is 2.36. The lowest BCUT2D eigenvalue weighted by molar-refractivity contribution is -0.261. The van der Waals surface area contributed by atoms with Crippen molar-refractivity contribution in [2.45, 2.75) is 86.9 Å². The Morgan fingerprint density at radius 1 is 0.800 bits per heavy atom. The Bertz CT molecular complexity index is 265. The van der Waals surface area contributed by atoms with Crippen molar-refractivity contribution < 1.29 is 18.3 Å². The van der Waals surface area contributed by atoms with Crippen molar-refractivity contribution in [3.63, 3.8) is 0 Å². The van der Waals surface area contributed by atoms with E-state index in [0.717, 1.165) is 12.8 Å². The fourth-order valence-electron chi connectivity index (χ4n) is 2.36. The van der Waals surface area contributed by atoms with E-state index in [0.29, 0.717) is 5.41 Å². The Balaban J connectivity index is 0. The van der Waals surface area contributed by atoms with Crippen molar-refractivity contribution in [3.8, 4) is 0 Å². The Kier molecular flexibility index (Phi) is 7.88. The molecule has 0 aromatic heterocycles. The van der Waals surface area contributed by atoms with Gasteiger partial charge in [0.1, 0.15) is 0 Å². The van der Waals surface area contributed by atoms with Crippen molar-refractivity contribution in [1.82, 2.24) is 0 Å². The molecule has 0 fully saturated rings. The molecular weight excluding hydrogens is 265 g/mol. The molecule has 1 N–H and O–H groups in total. The molecule has 124 valence electrons. The molecule has 0 aliphatic carbocycles. The largest absolute Gasteiger partial charge is 0.416 e. The lowest BCUT2D eigenvalue weighted by Gasteiger charge is -2.32. The number of hydrogen-bond acceptors (Lipinski definition) is 1. The van der Waals surface area contributed by atoms with Gasteiger partial charge >= 0.3 is 6.18 Å². The first kappa shape index (κ1) is 22.0. The summed E-state index contributed by atoms with van der Waals surface area (Å²) in [5.41, 5.74) is -2.58. The first-order chi connectivity index (χ1) is 8.37. The predicted octanol–water partition coefficient (Wildman–Crippen LogP) is 5.81. The molecule has 0 spiro atoms. The van der Waals surface area contributed by atoms with Crippen LogP contribution in [-0.4, -0.2) is 16.9 Å². The van der Waals surface area contributed by atoms with Crippen molar-refractivity contribution in [2.75, 3.05) is 0 Å². The summed E-state index contributed by atoms with van der Waals surface area (Å²) in [6.45, 7) is 17.2. The van der Waals surface area contributed by atoms with Crippen LogP contribution in [0.1, 0.15) is 75.2 Å². The minimum absolute atomic E-state index is 0.288. The van der Waals surface area contributed by atoms with Gasteiger partial charge in [-0.2, -0.15) is 13.2 Å². The van der Waals surface area contributed by atoms with Crippen molar-refractivity contribution in [3.05, 3.63) is 0 Å². The highest BCUT2D eigenvalue weighted by atomic mass is 19.4. The van der Waals surface area contributed by atoms with Crippen LogP contribution in [0.25, 0.3) is 0 Å². The van der Waals surface area contributed by atoms with E-state index in [-0.39, 0.29) is 6.42 Å². The zero-order chi connectivity index (χ0) is 17.0. The van der Waals surface area contributed by atoms with E-state index >= 15 is 0 Å². The second-order valence-corrected chi connectivity index (χ2v) is 8.67. The van der Waals surface area contributed by atoms with Crippen LogP contribution < -0.4 is 0 Å². The fraction of sp³-hybridized carbons (Fsp3) is 1.00. The van der Waals surface area contributed by atoms with E-state index in [2.05, 4.69) is 34.6 Å². The Hall–Kier alpha value is -0.250. The van der Waals surface area contributed by atoms with Crippen LogP contribution in [0.2, 0.25) is 0 Å². The van der Waals surface area contributed by atoms with Crippen molar-refractivity contribution >= 4 is 0 Å². The van der Waals surface area contributed by atoms with Gasteiger partial charge < -0.3 is 5.11 Å². The van der Waals surface area contributed by atoms with E-state index in [1.807, 2.05) is 0 Å². The maximum Gasteiger partial charge on any atom is 0.416 e. The van der Waals surface area contributed by atoms with Crippen LogP contribution in [0.3, 0.4) is 0 Å². The molecule has 0 saturated carbocycles. The molecule has 20 heavy (non-hydrogen) atoms. The third-order valence-electron chi connectivity index (χ3n) is 2.51. The number of alkyl halides is 3. The minimum Gasteiger partial charge on any atom is -0.381 e. The molecule has 4 heteroatoms. The Morgan fingerprint density at radius 3 is 1.20 bits per heavy atom. The topological polar surface area (TPSA) is 20.2 Å². The molecule has 0 saturated heterocycles. The van der Waals surface area contributed by atoms with E-state index in [1.165, 1.54) is 6.42 Å². The summed E-state index contributed by atoms with van der Waals surface area (Å²) in [4.78, 5) is 0. The van der Waals surface area contributed by atoms with Gasteiger partial charge in [-0.15, -0.1) is 0 Å². The third kappa shape index (κ3) is 12.8.